The van der Waals surface area contributed by atoms with Crippen molar-refractivity contribution in [1.29, 1.82) is 5.26 Å². The Morgan fingerprint density at radius 1 is 1.07 bits per heavy atom. The van der Waals surface area contributed by atoms with Crippen LogP contribution in [0.4, 0.5) is 19.0 Å². The van der Waals surface area contributed by atoms with Crippen LogP contribution >= 0.6 is 0 Å². The number of alkyl halides is 3. The molecule has 1 saturated heterocycles. The molecular formula is C33H28F3N7O3. The zero-order chi connectivity index (χ0) is 32.6. The van der Waals surface area contributed by atoms with Gasteiger partial charge in [-0.1, -0.05) is 30.3 Å². The number of rotatable bonds is 6. The van der Waals surface area contributed by atoms with Gasteiger partial charge in [0.2, 0.25) is 0 Å². The number of pyridine rings is 1. The summed E-state index contributed by atoms with van der Waals surface area (Å²) in [5.41, 5.74) is -0.103. The maximum atomic E-state index is 14.3. The summed E-state index contributed by atoms with van der Waals surface area (Å²) in [6.45, 7) is 2.18. The van der Waals surface area contributed by atoms with E-state index in [0.29, 0.717) is 42.1 Å². The molecule has 46 heavy (non-hydrogen) atoms. The van der Waals surface area contributed by atoms with Crippen molar-refractivity contribution in [2.24, 2.45) is 0 Å². The van der Waals surface area contributed by atoms with E-state index in [1.807, 2.05) is 6.07 Å². The van der Waals surface area contributed by atoms with E-state index in [0.717, 1.165) is 18.2 Å². The van der Waals surface area contributed by atoms with E-state index < -0.39 is 47.5 Å². The Bertz CT molecular complexity index is 1840. The van der Waals surface area contributed by atoms with Gasteiger partial charge in [0, 0.05) is 30.4 Å². The largest absolute Gasteiger partial charge is 0.416 e. The maximum absolute atomic E-state index is 14.3. The van der Waals surface area contributed by atoms with Crippen molar-refractivity contribution >= 4 is 23.5 Å². The molecule has 0 aliphatic carbocycles. The molecule has 2 aliphatic heterocycles. The number of amides is 3. The Morgan fingerprint density at radius 2 is 1.83 bits per heavy atom. The molecule has 3 atom stereocenters. The number of benzene rings is 2. The number of hydrogen-bond acceptors (Lipinski definition) is 6. The van der Waals surface area contributed by atoms with Crippen LogP contribution in [0.3, 0.4) is 0 Å². The summed E-state index contributed by atoms with van der Waals surface area (Å²) in [4.78, 5) is 49.5. The zero-order valence-electron chi connectivity index (χ0n) is 24.6. The number of nitriles is 1. The summed E-state index contributed by atoms with van der Waals surface area (Å²) in [6.07, 6.45) is -2.04. The Labute approximate surface area is 262 Å². The van der Waals surface area contributed by atoms with Crippen LogP contribution in [0.2, 0.25) is 0 Å². The molecule has 6 rings (SSSR count). The monoisotopic (exact) mass is 627 g/mol. The van der Waals surface area contributed by atoms with Crippen LogP contribution in [0.1, 0.15) is 63.4 Å². The van der Waals surface area contributed by atoms with Gasteiger partial charge in [-0.2, -0.15) is 23.5 Å². The van der Waals surface area contributed by atoms with Gasteiger partial charge in [-0.25, -0.2) is 4.68 Å². The standard InChI is InChI=1S/C33H28F3N7O3/c1-2-41-30-26(28(32(46)42-17-9-14-23(42)19-37)40-43(30)22-12-4-3-5-13-22)25(24-15-6-7-16-38-24)27(31(41)45)39-29(44)20-10-8-11-21(18-20)33(34,35)36/h3-8,10-13,15-16,18,23,25,27H,2,9,14,17H2,1H3,(H,39,44)/t23-,25-,27-/m0/s1. The third-order valence-corrected chi connectivity index (χ3v) is 8.26. The zero-order valence-corrected chi connectivity index (χ0v) is 24.6. The normalized spacial score (nSPS) is 19.5. The van der Waals surface area contributed by atoms with E-state index >= 15 is 0 Å². The summed E-state index contributed by atoms with van der Waals surface area (Å²) >= 11 is 0. The second-order valence-electron chi connectivity index (χ2n) is 11.0. The molecule has 1 N–H and O–H groups in total. The Hall–Kier alpha value is -5.51. The molecule has 0 unspecified atom stereocenters. The number of halogens is 3. The lowest BCUT2D eigenvalue weighted by Gasteiger charge is -2.38. The lowest BCUT2D eigenvalue weighted by atomic mass is 9.83. The van der Waals surface area contributed by atoms with Gasteiger partial charge in [0.15, 0.2) is 5.69 Å². The van der Waals surface area contributed by atoms with Gasteiger partial charge in [0.1, 0.15) is 17.9 Å². The van der Waals surface area contributed by atoms with Crippen molar-refractivity contribution < 1.29 is 27.6 Å². The Morgan fingerprint density at radius 3 is 2.50 bits per heavy atom. The summed E-state index contributed by atoms with van der Waals surface area (Å²) in [6, 6.07) is 18.0. The summed E-state index contributed by atoms with van der Waals surface area (Å²) in [5, 5.41) is 17.2. The van der Waals surface area contributed by atoms with Crippen LogP contribution in [-0.2, 0) is 11.0 Å². The van der Waals surface area contributed by atoms with Gasteiger partial charge >= 0.3 is 6.18 Å². The van der Waals surface area contributed by atoms with E-state index in [1.165, 1.54) is 26.7 Å². The highest BCUT2D eigenvalue weighted by atomic mass is 19.4. The van der Waals surface area contributed by atoms with E-state index in [2.05, 4.69) is 16.4 Å². The molecule has 0 saturated carbocycles. The lowest BCUT2D eigenvalue weighted by Crippen LogP contribution is -2.56. The van der Waals surface area contributed by atoms with Crippen LogP contribution in [0, 0.1) is 11.3 Å². The number of fused-ring (bicyclic) bond motifs is 1. The molecular weight excluding hydrogens is 599 g/mol. The molecule has 2 aliphatic rings. The molecule has 234 valence electrons. The molecule has 13 heteroatoms. The fourth-order valence-corrected chi connectivity index (χ4v) is 6.13. The first-order valence-corrected chi connectivity index (χ1v) is 14.7. The van der Waals surface area contributed by atoms with E-state index in [9.17, 15) is 32.8 Å². The highest BCUT2D eigenvalue weighted by molar-refractivity contribution is 6.07. The summed E-state index contributed by atoms with van der Waals surface area (Å²) in [7, 11) is 0. The highest BCUT2D eigenvalue weighted by Crippen LogP contribution is 2.44. The number of carbonyl (C=O) groups excluding carboxylic acids is 3. The van der Waals surface area contributed by atoms with Crippen LogP contribution in [0.15, 0.2) is 79.0 Å². The third-order valence-electron chi connectivity index (χ3n) is 8.26. The molecule has 2 aromatic heterocycles. The molecule has 0 bridgehead atoms. The van der Waals surface area contributed by atoms with Gasteiger partial charge < -0.3 is 10.2 Å². The highest BCUT2D eigenvalue weighted by Gasteiger charge is 2.49. The quantitative estimate of drug-likeness (QED) is 0.330. The predicted molar refractivity (Wildman–Crippen MR) is 160 cm³/mol. The minimum atomic E-state index is -4.68. The number of carbonyl (C=O) groups is 3. The van der Waals surface area contributed by atoms with Crippen LogP contribution in [-0.4, -0.2) is 62.6 Å². The molecule has 0 radical (unpaired) electrons. The second-order valence-corrected chi connectivity index (χ2v) is 11.0. The average molecular weight is 628 g/mol. The van der Waals surface area contributed by atoms with Crippen molar-refractivity contribution in [3.8, 4) is 11.8 Å². The van der Waals surface area contributed by atoms with Crippen molar-refractivity contribution in [2.75, 3.05) is 18.0 Å². The predicted octanol–water partition coefficient (Wildman–Crippen LogP) is 4.71. The number of hydrogen-bond donors (Lipinski definition) is 1. The molecule has 4 aromatic rings. The maximum Gasteiger partial charge on any atom is 0.416 e. The number of likely N-dealkylation sites (N-methyl/N-ethyl adjacent to an activating group) is 1. The number of nitrogens with one attached hydrogen (secondary N) is 1. The molecule has 0 spiro atoms. The fraction of sp³-hybridized carbons (Fsp3) is 0.273. The SMILES string of the molecule is CCN1C(=O)[C@@H](NC(=O)c2cccc(C(F)(F)F)c2)[C@@H](c2ccccn2)c2c(C(=O)N3CCC[C@H]3C#N)nn(-c3ccccc3)c21. The Kier molecular flexibility index (Phi) is 8.04. The summed E-state index contributed by atoms with van der Waals surface area (Å²) < 4.78 is 41.9. The smallest absolute Gasteiger partial charge is 0.339 e. The van der Waals surface area contributed by atoms with E-state index in [4.69, 9.17) is 5.10 Å². The number of para-hydroxylation sites is 1. The first kappa shape index (κ1) is 30.5. The average Bonchev–Trinajstić information content (AvgIpc) is 3.71. The van der Waals surface area contributed by atoms with Gasteiger partial charge in [0.05, 0.1) is 28.9 Å². The number of nitrogens with zero attached hydrogens (tertiary/aromatic N) is 6. The number of anilines is 1. The van der Waals surface area contributed by atoms with Crippen molar-refractivity contribution in [3.05, 3.63) is 107 Å². The van der Waals surface area contributed by atoms with Crippen molar-refractivity contribution in [2.45, 2.75) is 43.9 Å². The van der Waals surface area contributed by atoms with Crippen LogP contribution in [0.25, 0.3) is 5.69 Å². The molecule has 3 amide bonds. The van der Waals surface area contributed by atoms with E-state index in [1.54, 1.807) is 49.4 Å². The first-order valence-electron chi connectivity index (χ1n) is 14.7. The fourth-order valence-electron chi connectivity index (χ4n) is 6.13. The topological polar surface area (TPSA) is 124 Å². The van der Waals surface area contributed by atoms with Gasteiger partial charge in [-0.3, -0.25) is 24.3 Å². The number of aromatic nitrogens is 3. The number of likely N-dealkylation sites (tertiary alicyclic amines) is 1. The molecule has 4 heterocycles. The van der Waals surface area contributed by atoms with Gasteiger partial charge in [-0.15, -0.1) is 0 Å². The first-order chi connectivity index (χ1) is 22.1. The van der Waals surface area contributed by atoms with Gasteiger partial charge in [0.25, 0.3) is 17.7 Å². The minimum absolute atomic E-state index is 0.0130. The minimum Gasteiger partial charge on any atom is -0.339 e. The van der Waals surface area contributed by atoms with Crippen LogP contribution < -0.4 is 10.2 Å². The summed E-state index contributed by atoms with van der Waals surface area (Å²) in [5.74, 6) is -2.73. The van der Waals surface area contributed by atoms with Crippen molar-refractivity contribution in [3.63, 3.8) is 0 Å². The third kappa shape index (κ3) is 5.36. The lowest BCUT2D eigenvalue weighted by molar-refractivity contribution is -0.137. The molecule has 10 nitrogen and oxygen atoms in total. The molecule has 1 fully saturated rings. The molecule has 2 aromatic carbocycles. The second kappa shape index (κ2) is 12.1. The Balaban J connectivity index is 1.55. The van der Waals surface area contributed by atoms with Gasteiger partial charge in [-0.05, 0) is 62.2 Å². The van der Waals surface area contributed by atoms with Crippen LogP contribution in [0.5, 0.6) is 0 Å². The van der Waals surface area contributed by atoms with Crippen molar-refractivity contribution in [1.82, 2.24) is 25.0 Å². The van der Waals surface area contributed by atoms with E-state index in [-0.39, 0.29) is 17.8 Å².